The standard InChI is InChI=1S/C29H40N4O2/c1-3-21-32(22-4-2)29(35)23-33-26-16-11-10-15-25(26)31-27(33)17-9-6-12-20-30-28(34)19-18-24-13-7-5-8-14-24/h5,7-8,10-11,13-16H,3-4,6,9,12,17-23H2,1-2H3,(H,30,34). The highest BCUT2D eigenvalue weighted by Crippen LogP contribution is 2.18. The number of hydrogen-bond donors (Lipinski definition) is 1. The number of para-hydroxylation sites is 2. The van der Waals surface area contributed by atoms with Gasteiger partial charge in [0.25, 0.3) is 0 Å². The highest BCUT2D eigenvalue weighted by molar-refractivity contribution is 5.81. The molecule has 2 aromatic carbocycles. The molecule has 0 bridgehead atoms. The maximum absolute atomic E-state index is 13.0. The first-order valence-corrected chi connectivity index (χ1v) is 13.1. The quantitative estimate of drug-likeness (QED) is 0.309. The van der Waals surface area contributed by atoms with E-state index in [-0.39, 0.29) is 11.8 Å². The van der Waals surface area contributed by atoms with Crippen LogP contribution in [-0.2, 0) is 29.0 Å². The Hall–Kier alpha value is -3.15. The molecule has 0 atom stereocenters. The number of nitrogens with zero attached hydrogens (tertiary/aromatic N) is 3. The summed E-state index contributed by atoms with van der Waals surface area (Å²) in [4.78, 5) is 32.0. The second kappa shape index (κ2) is 14.3. The average Bonchev–Trinajstić information content (AvgIpc) is 3.22. The van der Waals surface area contributed by atoms with Crippen molar-refractivity contribution in [2.45, 2.75) is 71.8 Å². The summed E-state index contributed by atoms with van der Waals surface area (Å²) in [6.07, 6.45) is 6.98. The lowest BCUT2D eigenvalue weighted by molar-refractivity contribution is -0.132. The van der Waals surface area contributed by atoms with Crippen molar-refractivity contribution in [3.8, 4) is 0 Å². The molecule has 0 aliphatic heterocycles. The van der Waals surface area contributed by atoms with Gasteiger partial charge < -0.3 is 14.8 Å². The summed E-state index contributed by atoms with van der Waals surface area (Å²) in [5.41, 5.74) is 3.16. The van der Waals surface area contributed by atoms with E-state index in [1.54, 1.807) is 0 Å². The van der Waals surface area contributed by atoms with Crippen molar-refractivity contribution < 1.29 is 9.59 Å². The molecule has 6 heteroatoms. The van der Waals surface area contributed by atoms with E-state index in [9.17, 15) is 9.59 Å². The van der Waals surface area contributed by atoms with E-state index < -0.39 is 0 Å². The van der Waals surface area contributed by atoms with Crippen molar-refractivity contribution in [2.24, 2.45) is 0 Å². The molecule has 0 aliphatic carbocycles. The summed E-state index contributed by atoms with van der Waals surface area (Å²) < 4.78 is 2.10. The fourth-order valence-corrected chi connectivity index (χ4v) is 4.43. The monoisotopic (exact) mass is 476 g/mol. The van der Waals surface area contributed by atoms with E-state index in [0.29, 0.717) is 19.5 Å². The number of carbonyl (C=O) groups is 2. The third-order valence-corrected chi connectivity index (χ3v) is 6.25. The molecule has 3 rings (SSSR count). The number of fused-ring (bicyclic) bond motifs is 1. The van der Waals surface area contributed by atoms with Gasteiger partial charge in [0.1, 0.15) is 12.4 Å². The first-order chi connectivity index (χ1) is 17.1. The molecule has 0 saturated carbocycles. The summed E-state index contributed by atoms with van der Waals surface area (Å²) in [5.74, 6) is 1.24. The van der Waals surface area contributed by atoms with Crippen LogP contribution in [0.2, 0.25) is 0 Å². The average molecular weight is 477 g/mol. The molecule has 1 aromatic heterocycles. The van der Waals surface area contributed by atoms with E-state index in [4.69, 9.17) is 4.98 Å². The Morgan fingerprint density at radius 1 is 0.886 bits per heavy atom. The van der Waals surface area contributed by atoms with Crippen molar-refractivity contribution in [2.75, 3.05) is 19.6 Å². The molecule has 0 radical (unpaired) electrons. The maximum atomic E-state index is 13.0. The number of carbonyl (C=O) groups excluding carboxylic acids is 2. The van der Waals surface area contributed by atoms with E-state index in [1.165, 1.54) is 5.56 Å². The molecule has 188 valence electrons. The van der Waals surface area contributed by atoms with Crippen molar-refractivity contribution >= 4 is 22.8 Å². The van der Waals surface area contributed by atoms with Gasteiger partial charge in [-0.25, -0.2) is 4.98 Å². The van der Waals surface area contributed by atoms with Gasteiger partial charge in [0, 0.05) is 32.5 Å². The Morgan fingerprint density at radius 3 is 2.34 bits per heavy atom. The smallest absolute Gasteiger partial charge is 0.242 e. The zero-order valence-electron chi connectivity index (χ0n) is 21.3. The van der Waals surface area contributed by atoms with E-state index in [1.807, 2.05) is 47.4 Å². The Bertz CT molecular complexity index is 1050. The second-order valence-corrected chi connectivity index (χ2v) is 9.13. The molecule has 0 fully saturated rings. The minimum Gasteiger partial charge on any atom is -0.356 e. The molecule has 0 saturated heterocycles. The molecular formula is C29H40N4O2. The number of imidazole rings is 1. The van der Waals surface area contributed by atoms with Crippen LogP contribution in [0.25, 0.3) is 11.0 Å². The summed E-state index contributed by atoms with van der Waals surface area (Å²) in [6, 6.07) is 18.2. The zero-order valence-corrected chi connectivity index (χ0v) is 21.3. The Labute approximate surface area is 209 Å². The van der Waals surface area contributed by atoms with Gasteiger partial charge in [-0.1, -0.05) is 62.7 Å². The van der Waals surface area contributed by atoms with Crippen molar-refractivity contribution in [1.82, 2.24) is 19.8 Å². The number of amides is 2. The Kier molecular flexibility index (Phi) is 10.8. The van der Waals surface area contributed by atoms with Gasteiger partial charge in [0.15, 0.2) is 0 Å². The van der Waals surface area contributed by atoms with Crippen molar-refractivity contribution in [3.63, 3.8) is 0 Å². The van der Waals surface area contributed by atoms with Gasteiger partial charge in [-0.05, 0) is 49.8 Å². The van der Waals surface area contributed by atoms with Crippen LogP contribution in [0.3, 0.4) is 0 Å². The van der Waals surface area contributed by atoms with Gasteiger partial charge in [-0.2, -0.15) is 0 Å². The predicted molar refractivity (Wildman–Crippen MR) is 142 cm³/mol. The first-order valence-electron chi connectivity index (χ1n) is 13.1. The lowest BCUT2D eigenvalue weighted by atomic mass is 10.1. The van der Waals surface area contributed by atoms with Gasteiger partial charge in [-0.15, -0.1) is 0 Å². The molecule has 2 amide bonds. The number of aromatic nitrogens is 2. The molecular weight excluding hydrogens is 436 g/mol. The Balaban J connectivity index is 1.47. The number of rotatable bonds is 15. The second-order valence-electron chi connectivity index (χ2n) is 9.13. The molecule has 3 aromatic rings. The molecule has 0 unspecified atom stereocenters. The summed E-state index contributed by atoms with van der Waals surface area (Å²) >= 11 is 0. The Morgan fingerprint density at radius 2 is 1.60 bits per heavy atom. The van der Waals surface area contributed by atoms with Crippen molar-refractivity contribution in [3.05, 3.63) is 66.0 Å². The number of nitrogens with one attached hydrogen (secondary N) is 1. The van der Waals surface area contributed by atoms with Crippen LogP contribution in [0, 0.1) is 0 Å². The molecule has 0 spiro atoms. The van der Waals surface area contributed by atoms with Crippen LogP contribution in [0.15, 0.2) is 54.6 Å². The molecule has 0 aliphatic rings. The largest absolute Gasteiger partial charge is 0.356 e. The predicted octanol–water partition coefficient (Wildman–Crippen LogP) is 5.15. The third-order valence-electron chi connectivity index (χ3n) is 6.25. The van der Waals surface area contributed by atoms with Crippen LogP contribution < -0.4 is 5.32 Å². The van der Waals surface area contributed by atoms with Crippen LogP contribution in [-0.4, -0.2) is 45.9 Å². The highest BCUT2D eigenvalue weighted by atomic mass is 16.2. The number of unbranched alkanes of at least 4 members (excludes halogenated alkanes) is 2. The third kappa shape index (κ3) is 8.23. The van der Waals surface area contributed by atoms with Crippen LogP contribution in [0.4, 0.5) is 0 Å². The lowest BCUT2D eigenvalue weighted by Gasteiger charge is -2.22. The topological polar surface area (TPSA) is 67.2 Å². The fourth-order valence-electron chi connectivity index (χ4n) is 4.43. The van der Waals surface area contributed by atoms with Crippen LogP contribution in [0.1, 0.15) is 63.8 Å². The lowest BCUT2D eigenvalue weighted by Crippen LogP contribution is -2.35. The van der Waals surface area contributed by atoms with Gasteiger partial charge in [-0.3, -0.25) is 9.59 Å². The van der Waals surface area contributed by atoms with E-state index >= 15 is 0 Å². The van der Waals surface area contributed by atoms with Crippen LogP contribution in [0.5, 0.6) is 0 Å². The minimum atomic E-state index is 0.109. The molecule has 1 N–H and O–H groups in total. The summed E-state index contributed by atoms with van der Waals surface area (Å²) in [6.45, 7) is 6.86. The van der Waals surface area contributed by atoms with E-state index in [2.05, 4.69) is 35.9 Å². The summed E-state index contributed by atoms with van der Waals surface area (Å²) in [7, 11) is 0. The summed E-state index contributed by atoms with van der Waals surface area (Å²) in [5, 5.41) is 3.04. The molecule has 35 heavy (non-hydrogen) atoms. The number of benzene rings is 2. The molecule has 1 heterocycles. The normalized spacial score (nSPS) is 11.0. The van der Waals surface area contributed by atoms with E-state index in [0.717, 1.165) is 74.9 Å². The zero-order chi connectivity index (χ0) is 24.9. The molecule has 6 nitrogen and oxygen atoms in total. The van der Waals surface area contributed by atoms with Gasteiger partial charge >= 0.3 is 0 Å². The maximum Gasteiger partial charge on any atom is 0.242 e. The van der Waals surface area contributed by atoms with Crippen LogP contribution >= 0.6 is 0 Å². The SMILES string of the molecule is CCCN(CCC)C(=O)Cn1c(CCCCCNC(=O)CCc2ccccc2)nc2ccccc21. The highest BCUT2D eigenvalue weighted by Gasteiger charge is 2.17. The van der Waals surface area contributed by atoms with Gasteiger partial charge in [0.05, 0.1) is 11.0 Å². The number of aryl methyl sites for hydroxylation is 2. The minimum absolute atomic E-state index is 0.109. The van der Waals surface area contributed by atoms with Gasteiger partial charge in [0.2, 0.25) is 11.8 Å². The van der Waals surface area contributed by atoms with Crippen molar-refractivity contribution in [1.29, 1.82) is 0 Å². The first kappa shape index (κ1) is 26.5. The fraction of sp³-hybridized carbons (Fsp3) is 0.483. The number of hydrogen-bond acceptors (Lipinski definition) is 3.